The fourth-order valence-corrected chi connectivity index (χ4v) is 4.25. The largest absolute Gasteiger partial charge is 0.489 e. The third-order valence-corrected chi connectivity index (χ3v) is 6.10. The fourth-order valence-electron chi connectivity index (χ4n) is 2.35. The molecule has 1 heterocycles. The number of hydrogen-bond donors (Lipinski definition) is 1. The van der Waals surface area contributed by atoms with Crippen LogP contribution in [0, 0.1) is 11.3 Å². The molecule has 1 N–H and O–H groups in total. The van der Waals surface area contributed by atoms with Crippen LogP contribution in [0.1, 0.15) is 11.1 Å². The van der Waals surface area contributed by atoms with Crippen LogP contribution in [0.2, 0.25) is 10.0 Å². The number of ether oxygens (including phenoxy) is 1. The average molecular weight is 509 g/mol. The smallest absolute Gasteiger partial charge is 0.268 e. The molecule has 0 aliphatic rings. The summed E-state index contributed by atoms with van der Waals surface area (Å²) < 4.78 is 32.2. The fraction of sp³-hybridized carbons (Fsp3) is 0.100. The summed E-state index contributed by atoms with van der Waals surface area (Å²) in [6.45, 7) is 0.244. The van der Waals surface area contributed by atoms with Gasteiger partial charge in [0, 0.05) is 33.4 Å². The summed E-state index contributed by atoms with van der Waals surface area (Å²) in [7, 11) is -3.59. The first-order valence-electron chi connectivity index (χ1n) is 8.79. The van der Waals surface area contributed by atoms with E-state index in [-0.39, 0.29) is 17.3 Å². The molecule has 12 heteroatoms. The molecule has 164 valence electrons. The summed E-state index contributed by atoms with van der Waals surface area (Å²) in [5.41, 5.74) is 1.17. The van der Waals surface area contributed by atoms with E-state index in [4.69, 9.17) is 27.9 Å². The highest BCUT2D eigenvalue weighted by Crippen LogP contribution is 2.23. The van der Waals surface area contributed by atoms with E-state index < -0.39 is 20.9 Å². The number of carbonyl (C=O) groups excluding carboxylic acids is 1. The number of halogens is 2. The minimum absolute atomic E-state index is 0.0267. The van der Waals surface area contributed by atoms with Crippen molar-refractivity contribution in [2.45, 2.75) is 11.8 Å². The number of nitrogens with one attached hydrogen (secondary N) is 1. The van der Waals surface area contributed by atoms with Crippen LogP contribution in [0.3, 0.4) is 0 Å². The van der Waals surface area contributed by atoms with E-state index in [9.17, 15) is 18.5 Å². The van der Waals surface area contributed by atoms with Gasteiger partial charge in [0.05, 0.1) is 0 Å². The number of aromatic nitrogens is 2. The van der Waals surface area contributed by atoms with E-state index >= 15 is 0 Å². The van der Waals surface area contributed by atoms with E-state index in [1.165, 1.54) is 6.08 Å². The normalized spacial score (nSPS) is 11.6. The number of anilines is 1. The van der Waals surface area contributed by atoms with Gasteiger partial charge >= 0.3 is 0 Å². The monoisotopic (exact) mass is 508 g/mol. The Kier molecular flexibility index (Phi) is 7.48. The zero-order valence-electron chi connectivity index (χ0n) is 16.4. The van der Waals surface area contributed by atoms with Gasteiger partial charge < -0.3 is 4.74 Å². The molecule has 3 aromatic rings. The summed E-state index contributed by atoms with van der Waals surface area (Å²) in [5, 5.41) is 12.3. The Labute approximate surface area is 198 Å². The molecule has 0 bridgehead atoms. The Hall–Kier alpha value is -2.97. The molecule has 0 atom stereocenters. The van der Waals surface area contributed by atoms with Crippen LogP contribution in [0.15, 0.2) is 53.2 Å². The van der Waals surface area contributed by atoms with Crippen molar-refractivity contribution in [2.24, 2.45) is 0 Å². The Morgan fingerprint density at radius 3 is 2.56 bits per heavy atom. The second kappa shape index (κ2) is 10.1. The van der Waals surface area contributed by atoms with Gasteiger partial charge in [-0.2, -0.15) is 14.6 Å². The van der Waals surface area contributed by atoms with Crippen molar-refractivity contribution in [3.8, 4) is 11.8 Å². The van der Waals surface area contributed by atoms with Crippen LogP contribution in [0.5, 0.6) is 5.75 Å². The Morgan fingerprint density at radius 1 is 1.25 bits per heavy atom. The van der Waals surface area contributed by atoms with E-state index in [1.807, 2.05) is 6.07 Å². The molecule has 3 rings (SSSR count). The average Bonchev–Trinajstić information content (AvgIpc) is 3.21. The van der Waals surface area contributed by atoms with Crippen molar-refractivity contribution in [2.75, 3.05) is 11.6 Å². The summed E-state index contributed by atoms with van der Waals surface area (Å²) in [4.78, 5) is 16.1. The van der Waals surface area contributed by atoms with Gasteiger partial charge in [-0.05, 0) is 35.9 Å². The summed E-state index contributed by atoms with van der Waals surface area (Å²) >= 11 is 12.7. The lowest BCUT2D eigenvalue weighted by atomic mass is 10.1. The molecule has 0 aliphatic heterocycles. The molecule has 0 unspecified atom stereocenters. The first kappa shape index (κ1) is 23.7. The summed E-state index contributed by atoms with van der Waals surface area (Å²) in [6, 6.07) is 13.7. The molecule has 1 amide bonds. The lowest BCUT2D eigenvalue weighted by Crippen LogP contribution is -2.13. The van der Waals surface area contributed by atoms with Gasteiger partial charge in [0.15, 0.2) is 0 Å². The highest BCUT2D eigenvalue weighted by Gasteiger charge is 2.17. The molecule has 0 saturated carbocycles. The van der Waals surface area contributed by atoms with Crippen molar-refractivity contribution < 1.29 is 17.9 Å². The van der Waals surface area contributed by atoms with Crippen LogP contribution in [-0.4, -0.2) is 29.9 Å². The number of nitrogens with zero attached hydrogens (tertiary/aromatic N) is 3. The predicted octanol–water partition coefficient (Wildman–Crippen LogP) is 4.37. The van der Waals surface area contributed by atoms with Crippen molar-refractivity contribution in [3.63, 3.8) is 0 Å². The molecule has 0 radical (unpaired) electrons. The molecule has 2 aromatic carbocycles. The number of carbonyl (C=O) groups is 1. The van der Waals surface area contributed by atoms with E-state index in [0.717, 1.165) is 11.8 Å². The van der Waals surface area contributed by atoms with Crippen molar-refractivity contribution in [1.82, 2.24) is 9.36 Å². The zero-order valence-corrected chi connectivity index (χ0v) is 19.5. The number of benzene rings is 2. The third-order valence-electron chi connectivity index (χ3n) is 3.93. The standard InChI is InChI=1S/C20H14Cl2N4O4S2/c1-32(28,29)20-25-19(31-26-20)24-18(27)14(10-23)8-12-2-6-16(7-3-12)30-11-13-4-5-15(21)9-17(13)22/h2-9H,11H2,1H3,(H,24,25,26,27). The molecule has 8 nitrogen and oxygen atoms in total. The van der Waals surface area contributed by atoms with E-state index in [0.29, 0.717) is 32.9 Å². The van der Waals surface area contributed by atoms with Crippen LogP contribution in [0.4, 0.5) is 5.13 Å². The molecule has 1 aromatic heterocycles. The topological polar surface area (TPSA) is 122 Å². The lowest BCUT2D eigenvalue weighted by molar-refractivity contribution is -0.112. The highest BCUT2D eigenvalue weighted by atomic mass is 35.5. The van der Waals surface area contributed by atoms with Gasteiger partial charge in [-0.15, -0.1) is 0 Å². The van der Waals surface area contributed by atoms with E-state index in [2.05, 4.69) is 14.7 Å². The van der Waals surface area contributed by atoms with Gasteiger partial charge in [-0.25, -0.2) is 8.42 Å². The summed E-state index contributed by atoms with van der Waals surface area (Å²) in [6.07, 6.45) is 2.34. The Bertz CT molecular complexity index is 1330. The van der Waals surface area contributed by atoms with Crippen molar-refractivity contribution in [1.29, 1.82) is 5.26 Å². The predicted molar refractivity (Wildman–Crippen MR) is 122 cm³/mol. The van der Waals surface area contributed by atoms with Gasteiger partial charge in [0.1, 0.15) is 24.0 Å². The summed E-state index contributed by atoms with van der Waals surface area (Å²) in [5.74, 6) is -0.167. The molecule has 0 saturated heterocycles. The number of amides is 1. The number of nitriles is 1. The van der Waals surface area contributed by atoms with Gasteiger partial charge in [0.25, 0.3) is 11.1 Å². The number of hydrogen-bond acceptors (Lipinski definition) is 8. The molecule has 0 aliphatic carbocycles. The maximum atomic E-state index is 12.3. The lowest BCUT2D eigenvalue weighted by Gasteiger charge is -2.08. The van der Waals surface area contributed by atoms with Crippen LogP contribution < -0.4 is 10.1 Å². The van der Waals surface area contributed by atoms with Crippen molar-refractivity contribution in [3.05, 3.63) is 69.2 Å². The second-order valence-corrected chi connectivity index (χ2v) is 9.88. The maximum Gasteiger partial charge on any atom is 0.268 e. The van der Waals surface area contributed by atoms with Crippen LogP contribution >= 0.6 is 34.7 Å². The highest BCUT2D eigenvalue weighted by molar-refractivity contribution is 7.90. The van der Waals surface area contributed by atoms with Crippen molar-refractivity contribution >= 4 is 61.7 Å². The SMILES string of the molecule is CS(=O)(=O)c1nsc(NC(=O)C(C#N)=Cc2ccc(OCc3ccc(Cl)cc3Cl)cc2)n1. The molecular weight excluding hydrogens is 495 g/mol. The molecular formula is C20H14Cl2N4O4S2. The maximum absolute atomic E-state index is 12.3. The third kappa shape index (κ3) is 6.27. The minimum atomic E-state index is -3.59. The van der Waals surface area contributed by atoms with Crippen LogP contribution in [0.25, 0.3) is 6.08 Å². The quantitative estimate of drug-likeness (QED) is 0.371. The zero-order chi connectivity index (χ0) is 23.3. The number of rotatable bonds is 7. The minimum Gasteiger partial charge on any atom is -0.489 e. The molecule has 0 fully saturated rings. The first-order chi connectivity index (χ1) is 15.2. The number of sulfone groups is 1. The van der Waals surface area contributed by atoms with Crippen LogP contribution in [-0.2, 0) is 21.2 Å². The second-order valence-electron chi connectivity index (χ2n) is 6.37. The van der Waals surface area contributed by atoms with Gasteiger partial charge in [-0.3, -0.25) is 10.1 Å². The van der Waals surface area contributed by atoms with E-state index in [1.54, 1.807) is 42.5 Å². The first-order valence-corrected chi connectivity index (χ1v) is 12.2. The van der Waals surface area contributed by atoms with Gasteiger partial charge in [-0.1, -0.05) is 41.4 Å². The Balaban J connectivity index is 1.66. The Morgan fingerprint density at radius 2 is 1.97 bits per heavy atom. The molecule has 0 spiro atoms. The van der Waals surface area contributed by atoms with Gasteiger partial charge in [0.2, 0.25) is 15.0 Å². The molecule has 32 heavy (non-hydrogen) atoms.